The van der Waals surface area contributed by atoms with Crippen molar-refractivity contribution in [1.29, 1.82) is 0 Å². The summed E-state index contributed by atoms with van der Waals surface area (Å²) in [5.41, 5.74) is 1.11. The summed E-state index contributed by atoms with van der Waals surface area (Å²) in [5, 5.41) is 11.7. The number of nitrogens with zero attached hydrogens (tertiary/aromatic N) is 2. The van der Waals surface area contributed by atoms with E-state index < -0.39 is 23.5 Å². The zero-order chi connectivity index (χ0) is 26.5. The highest BCUT2D eigenvalue weighted by molar-refractivity contribution is 6.16. The van der Waals surface area contributed by atoms with Gasteiger partial charge in [0.05, 0.1) is 25.3 Å². The van der Waals surface area contributed by atoms with Gasteiger partial charge in [-0.25, -0.2) is 0 Å². The number of benzene rings is 2. The number of aliphatic hydroxyl groups excluding tert-OH is 1. The number of carbonyl (C=O) groups excluding carboxylic acids is 2. The quantitative estimate of drug-likeness (QED) is 0.340. The van der Waals surface area contributed by atoms with Gasteiger partial charge in [0.15, 0.2) is 22.9 Å². The van der Waals surface area contributed by atoms with Crippen molar-refractivity contribution < 1.29 is 28.6 Å². The van der Waals surface area contributed by atoms with E-state index in [0.29, 0.717) is 47.7 Å². The Kier molecular flexibility index (Phi) is 8.18. The summed E-state index contributed by atoms with van der Waals surface area (Å²) >= 11 is 0. The number of para-hydroxylation sites is 1. The zero-order valence-corrected chi connectivity index (χ0v) is 21.8. The van der Waals surface area contributed by atoms with Gasteiger partial charge in [-0.2, -0.15) is 0 Å². The number of likely N-dealkylation sites (N-methyl/N-ethyl adjacent to an activating group) is 1. The van der Waals surface area contributed by atoms with Crippen LogP contribution < -0.4 is 9.47 Å². The molecule has 1 unspecified atom stereocenters. The molecule has 0 fully saturated rings. The average molecular weight is 507 g/mol. The third kappa shape index (κ3) is 5.20. The number of hydrogen-bond donors (Lipinski definition) is 1. The number of amides is 1. The monoisotopic (exact) mass is 506 g/mol. The van der Waals surface area contributed by atoms with Gasteiger partial charge in [-0.05, 0) is 49.3 Å². The molecule has 196 valence electrons. The van der Waals surface area contributed by atoms with E-state index in [2.05, 4.69) is 18.7 Å². The molecular formula is C29H34N2O6. The van der Waals surface area contributed by atoms with Crippen LogP contribution in [0.2, 0.25) is 0 Å². The minimum absolute atomic E-state index is 0.00443. The number of aliphatic hydroxyl groups is 1. The maximum atomic E-state index is 13.8. The normalized spacial score (nSPS) is 15.8. The number of Topliss-reactive ketones (excluding diaryl/α,β-unsaturated/α-hetero) is 1. The topological polar surface area (TPSA) is 92.4 Å². The number of ketones is 1. The van der Waals surface area contributed by atoms with Crippen LogP contribution >= 0.6 is 0 Å². The first-order valence-electron chi connectivity index (χ1n) is 12.7. The summed E-state index contributed by atoms with van der Waals surface area (Å²) in [5.74, 6) is -0.504. The molecule has 0 radical (unpaired) electrons. The first-order chi connectivity index (χ1) is 17.9. The summed E-state index contributed by atoms with van der Waals surface area (Å²) in [6, 6.07) is 13.5. The summed E-state index contributed by atoms with van der Waals surface area (Å²) in [4.78, 5) is 30.9. The van der Waals surface area contributed by atoms with Crippen LogP contribution in [0.25, 0.3) is 11.0 Å². The molecule has 4 rings (SSSR count). The van der Waals surface area contributed by atoms with Crippen molar-refractivity contribution in [2.75, 3.05) is 39.9 Å². The predicted octanol–water partition coefficient (Wildman–Crippen LogP) is 5.15. The first-order valence-corrected chi connectivity index (χ1v) is 12.7. The second-order valence-electron chi connectivity index (χ2n) is 8.93. The fraction of sp³-hybridized carbons (Fsp3) is 0.379. The smallest absolute Gasteiger partial charge is 0.290 e. The van der Waals surface area contributed by atoms with E-state index in [1.165, 1.54) is 7.11 Å². The summed E-state index contributed by atoms with van der Waals surface area (Å²) < 4.78 is 17.1. The van der Waals surface area contributed by atoms with Crippen molar-refractivity contribution in [1.82, 2.24) is 9.80 Å². The number of carbonyl (C=O) groups is 2. The molecular weight excluding hydrogens is 472 g/mol. The lowest BCUT2D eigenvalue weighted by atomic mass is 9.95. The molecule has 2 heterocycles. The molecule has 1 aliphatic heterocycles. The number of hydrogen-bond acceptors (Lipinski definition) is 7. The van der Waals surface area contributed by atoms with Crippen LogP contribution in [0, 0.1) is 0 Å². The Labute approximate surface area is 217 Å². The first kappa shape index (κ1) is 26.3. The van der Waals surface area contributed by atoms with Crippen molar-refractivity contribution >= 4 is 22.7 Å². The van der Waals surface area contributed by atoms with Crippen molar-refractivity contribution in [3.63, 3.8) is 0 Å². The molecule has 0 saturated carbocycles. The minimum Gasteiger partial charge on any atom is -0.503 e. The molecule has 1 amide bonds. The zero-order valence-electron chi connectivity index (χ0n) is 21.8. The van der Waals surface area contributed by atoms with Gasteiger partial charge in [0.1, 0.15) is 5.75 Å². The Bertz CT molecular complexity index is 1310. The standard InChI is InChI=1S/C29H34N2O6/c1-5-16-36-21-12-8-10-19(17-21)25-24(27(33)29(34)31(25)15-14-30(6-2)7-3)26(32)23-18-20-11-9-13-22(35-4)28(20)37-23/h8-13,17-18,25,33H,5-7,14-16H2,1-4H3. The number of furan rings is 1. The van der Waals surface area contributed by atoms with Crippen LogP contribution in [-0.2, 0) is 4.79 Å². The molecule has 3 aromatic rings. The summed E-state index contributed by atoms with van der Waals surface area (Å²) in [7, 11) is 1.53. The van der Waals surface area contributed by atoms with E-state index in [9.17, 15) is 14.7 Å². The van der Waals surface area contributed by atoms with Crippen molar-refractivity contribution in [2.24, 2.45) is 0 Å². The van der Waals surface area contributed by atoms with Gasteiger partial charge in [0.2, 0.25) is 5.78 Å². The van der Waals surface area contributed by atoms with E-state index in [0.717, 1.165) is 19.5 Å². The molecule has 1 aliphatic rings. The van der Waals surface area contributed by atoms with Crippen LogP contribution in [0.1, 0.15) is 49.4 Å². The number of ether oxygens (including phenoxy) is 2. The van der Waals surface area contributed by atoms with E-state index in [-0.39, 0.29) is 11.3 Å². The molecule has 0 aliphatic carbocycles. The van der Waals surface area contributed by atoms with Gasteiger partial charge < -0.3 is 28.8 Å². The van der Waals surface area contributed by atoms with E-state index in [1.54, 1.807) is 23.1 Å². The predicted molar refractivity (Wildman–Crippen MR) is 141 cm³/mol. The van der Waals surface area contributed by atoms with E-state index in [4.69, 9.17) is 13.9 Å². The van der Waals surface area contributed by atoms with Gasteiger partial charge in [-0.15, -0.1) is 0 Å². The van der Waals surface area contributed by atoms with Gasteiger partial charge in [0.25, 0.3) is 5.91 Å². The van der Waals surface area contributed by atoms with Crippen molar-refractivity contribution in [3.8, 4) is 11.5 Å². The third-order valence-electron chi connectivity index (χ3n) is 6.70. The summed E-state index contributed by atoms with van der Waals surface area (Å²) in [6.45, 7) is 9.30. The Hall–Kier alpha value is -3.78. The molecule has 1 atom stereocenters. The number of rotatable bonds is 12. The fourth-order valence-corrected chi connectivity index (χ4v) is 4.69. The highest BCUT2D eigenvalue weighted by atomic mass is 16.5. The van der Waals surface area contributed by atoms with Crippen LogP contribution in [0.5, 0.6) is 11.5 Å². The fourth-order valence-electron chi connectivity index (χ4n) is 4.69. The summed E-state index contributed by atoms with van der Waals surface area (Å²) in [6.07, 6.45) is 0.849. The molecule has 8 heteroatoms. The molecule has 37 heavy (non-hydrogen) atoms. The van der Waals surface area contributed by atoms with E-state index in [1.807, 2.05) is 37.3 Å². The van der Waals surface area contributed by atoms with Crippen molar-refractivity contribution in [3.05, 3.63) is 71.2 Å². The van der Waals surface area contributed by atoms with Crippen LogP contribution in [-0.4, -0.2) is 66.5 Å². The highest BCUT2D eigenvalue weighted by Gasteiger charge is 2.44. The van der Waals surface area contributed by atoms with Crippen molar-refractivity contribution in [2.45, 2.75) is 33.2 Å². The number of fused-ring (bicyclic) bond motifs is 1. The van der Waals surface area contributed by atoms with Gasteiger partial charge in [-0.1, -0.05) is 45.0 Å². The molecule has 2 aromatic carbocycles. The molecule has 8 nitrogen and oxygen atoms in total. The van der Waals surface area contributed by atoms with E-state index >= 15 is 0 Å². The Balaban J connectivity index is 1.77. The highest BCUT2D eigenvalue weighted by Crippen LogP contribution is 2.41. The van der Waals surface area contributed by atoms with Crippen LogP contribution in [0.15, 0.2) is 64.3 Å². The number of methoxy groups -OCH3 is 1. The lowest BCUT2D eigenvalue weighted by Gasteiger charge is -2.29. The molecule has 0 saturated heterocycles. The third-order valence-corrected chi connectivity index (χ3v) is 6.70. The maximum Gasteiger partial charge on any atom is 0.290 e. The Morgan fingerprint density at radius 1 is 1.11 bits per heavy atom. The molecule has 1 aromatic heterocycles. The largest absolute Gasteiger partial charge is 0.503 e. The second kappa shape index (κ2) is 11.5. The Morgan fingerprint density at radius 3 is 2.57 bits per heavy atom. The van der Waals surface area contributed by atoms with Gasteiger partial charge >= 0.3 is 0 Å². The van der Waals surface area contributed by atoms with Gasteiger partial charge in [0, 0.05) is 18.5 Å². The lowest BCUT2D eigenvalue weighted by Crippen LogP contribution is -2.38. The minimum atomic E-state index is -0.782. The average Bonchev–Trinajstić information content (AvgIpc) is 3.47. The second-order valence-corrected chi connectivity index (χ2v) is 8.93. The van der Waals surface area contributed by atoms with Crippen LogP contribution in [0.3, 0.4) is 0 Å². The Morgan fingerprint density at radius 2 is 1.86 bits per heavy atom. The molecule has 1 N–H and O–H groups in total. The lowest BCUT2D eigenvalue weighted by molar-refractivity contribution is -0.129. The van der Waals surface area contributed by atoms with Crippen LogP contribution in [0.4, 0.5) is 0 Å². The van der Waals surface area contributed by atoms with Gasteiger partial charge in [-0.3, -0.25) is 9.59 Å². The molecule has 0 bridgehead atoms. The maximum absolute atomic E-state index is 13.8. The molecule has 0 spiro atoms. The SMILES string of the molecule is CCCOc1cccc(C2C(C(=O)c3cc4cccc(OC)c4o3)=C(O)C(=O)N2CCN(CC)CC)c1.